The molecule has 0 bridgehead atoms. The Balaban J connectivity index is 1.38. The molecular weight excluding hydrogens is 521 g/mol. The highest BCUT2D eigenvalue weighted by molar-refractivity contribution is 6.04. The molecule has 9 nitrogen and oxygen atoms in total. The molecule has 1 unspecified atom stereocenters. The van der Waals surface area contributed by atoms with E-state index in [1.807, 2.05) is 0 Å². The van der Waals surface area contributed by atoms with Crippen molar-refractivity contribution in [2.75, 3.05) is 24.2 Å². The van der Waals surface area contributed by atoms with Gasteiger partial charge in [0, 0.05) is 17.3 Å². The van der Waals surface area contributed by atoms with Crippen molar-refractivity contribution in [3.05, 3.63) is 89.8 Å². The Morgan fingerprint density at radius 3 is 2.49 bits per heavy atom. The van der Waals surface area contributed by atoms with Crippen LogP contribution in [0.2, 0.25) is 0 Å². The number of nitrogens with two attached hydrogens (primary N) is 2. The number of nitrogens with zero attached hydrogens (tertiary/aromatic N) is 4. The molecule has 1 aliphatic rings. The van der Waals surface area contributed by atoms with Gasteiger partial charge in [0.2, 0.25) is 0 Å². The van der Waals surface area contributed by atoms with Gasteiger partial charge in [-0.2, -0.15) is 0 Å². The van der Waals surface area contributed by atoms with Gasteiger partial charge < -0.3 is 16.9 Å². The number of primary amides is 1. The third-order valence-electron chi connectivity index (χ3n) is 7.14. The third kappa shape index (κ3) is 5.95. The first-order chi connectivity index (χ1) is 19.9. The van der Waals surface area contributed by atoms with Gasteiger partial charge in [-0.05, 0) is 73.8 Å². The lowest BCUT2D eigenvalue weighted by Crippen LogP contribution is -2.37. The zero-order valence-corrected chi connectivity index (χ0v) is 22.6. The lowest BCUT2D eigenvalue weighted by atomic mass is 10.0. The molecule has 2 amide bonds. The van der Waals surface area contributed by atoms with E-state index in [-0.39, 0.29) is 23.5 Å². The molecule has 1 fully saturated rings. The Labute approximate surface area is 237 Å². The summed E-state index contributed by atoms with van der Waals surface area (Å²) in [7, 11) is 0. The number of pyridine rings is 1. The maximum Gasteiger partial charge on any atom is 0.269 e. The standard InChI is InChI=1S/C31H30FN7O2/c1-2-3-17-38-18-5-4-6-25(38)30-37-27(28(29(33)40)39(30)34)21-7-9-22(10-8-21)31(41)36-26-19-23(15-16-35-26)20-11-13-24(32)14-12-20/h7-16,19,25H,4-6,17-18,34H2,1H3,(H2,33,40)(H,35,36,41). The number of benzene rings is 2. The Bertz CT molecular complexity index is 1640. The van der Waals surface area contributed by atoms with E-state index in [0.717, 1.165) is 36.9 Å². The summed E-state index contributed by atoms with van der Waals surface area (Å²) in [6.45, 7) is 3.25. The first-order valence-corrected chi connectivity index (χ1v) is 13.3. The fraction of sp³-hybridized carbons (Fsp3) is 0.226. The molecule has 0 aliphatic carbocycles. The van der Waals surface area contributed by atoms with Crippen LogP contribution in [0.25, 0.3) is 22.4 Å². The van der Waals surface area contributed by atoms with Gasteiger partial charge in [-0.3, -0.25) is 14.5 Å². The van der Waals surface area contributed by atoms with Crippen LogP contribution in [0.5, 0.6) is 0 Å². The highest BCUT2D eigenvalue weighted by atomic mass is 19.1. The van der Waals surface area contributed by atoms with Gasteiger partial charge in [-0.25, -0.2) is 19.0 Å². The van der Waals surface area contributed by atoms with E-state index < -0.39 is 5.91 Å². The zero-order chi connectivity index (χ0) is 28.9. The van der Waals surface area contributed by atoms with E-state index in [1.54, 1.807) is 61.7 Å². The minimum atomic E-state index is -0.689. The molecule has 5 N–H and O–H groups in total. The van der Waals surface area contributed by atoms with Crippen molar-refractivity contribution in [3.63, 3.8) is 0 Å². The summed E-state index contributed by atoms with van der Waals surface area (Å²) in [5.74, 6) is 12.0. The lowest BCUT2D eigenvalue weighted by Gasteiger charge is -2.33. The number of imidazole rings is 1. The van der Waals surface area contributed by atoms with Crippen LogP contribution in [-0.4, -0.2) is 44.4 Å². The number of hydrogen-bond donors (Lipinski definition) is 3. The highest BCUT2D eigenvalue weighted by Gasteiger charge is 2.31. The molecule has 5 rings (SSSR count). The van der Waals surface area contributed by atoms with Crippen LogP contribution in [-0.2, 0) is 0 Å². The largest absolute Gasteiger partial charge is 0.364 e. The Morgan fingerprint density at radius 2 is 1.78 bits per heavy atom. The number of hydrogen-bond acceptors (Lipinski definition) is 6. The number of halogens is 1. The second-order valence-corrected chi connectivity index (χ2v) is 9.78. The van der Waals surface area contributed by atoms with Crippen LogP contribution < -0.4 is 16.9 Å². The Morgan fingerprint density at radius 1 is 1.05 bits per heavy atom. The summed E-state index contributed by atoms with van der Waals surface area (Å²) < 4.78 is 14.6. The van der Waals surface area contributed by atoms with E-state index in [4.69, 9.17) is 16.6 Å². The van der Waals surface area contributed by atoms with Gasteiger partial charge in [-0.1, -0.05) is 36.6 Å². The van der Waals surface area contributed by atoms with Crippen molar-refractivity contribution >= 4 is 17.6 Å². The third-order valence-corrected chi connectivity index (χ3v) is 7.14. The molecule has 2 aromatic carbocycles. The molecule has 41 heavy (non-hydrogen) atoms. The maximum absolute atomic E-state index is 13.3. The first-order valence-electron chi connectivity index (χ1n) is 13.3. The predicted molar refractivity (Wildman–Crippen MR) is 156 cm³/mol. The van der Waals surface area contributed by atoms with Crippen LogP contribution in [0.1, 0.15) is 58.9 Å². The Hall–Kier alpha value is -5.01. The summed E-state index contributed by atoms with van der Waals surface area (Å²) >= 11 is 0. The van der Waals surface area contributed by atoms with Crippen LogP contribution in [0.4, 0.5) is 10.2 Å². The highest BCUT2D eigenvalue weighted by Crippen LogP contribution is 2.33. The molecule has 0 radical (unpaired) electrons. The molecule has 1 aliphatic heterocycles. The number of carbonyl (C=O) groups is 2. The SMILES string of the molecule is CC#CCN1CCCCC1c1nc(-c2ccc(C(=O)Nc3cc(-c4ccc(F)cc4)ccn3)cc2)c(C(N)=O)n1N. The van der Waals surface area contributed by atoms with E-state index >= 15 is 0 Å². The fourth-order valence-electron chi connectivity index (χ4n) is 5.06. The molecule has 1 atom stereocenters. The average molecular weight is 552 g/mol. The van der Waals surface area contributed by atoms with Crippen LogP contribution in [0.15, 0.2) is 66.9 Å². The molecule has 0 saturated carbocycles. The van der Waals surface area contributed by atoms with E-state index in [2.05, 4.69) is 27.0 Å². The van der Waals surface area contributed by atoms with Gasteiger partial charge in [0.25, 0.3) is 11.8 Å². The number of nitrogen functional groups attached to an aromatic ring is 1. The average Bonchev–Trinajstić information content (AvgIpc) is 3.33. The van der Waals surface area contributed by atoms with Crippen molar-refractivity contribution in [2.45, 2.75) is 32.2 Å². The van der Waals surface area contributed by atoms with Gasteiger partial charge in [0.05, 0.1) is 12.6 Å². The van der Waals surface area contributed by atoms with Crippen molar-refractivity contribution in [1.29, 1.82) is 0 Å². The molecule has 0 spiro atoms. The minimum Gasteiger partial charge on any atom is -0.364 e. The molecule has 208 valence electrons. The van der Waals surface area contributed by atoms with Gasteiger partial charge in [-0.15, -0.1) is 5.92 Å². The van der Waals surface area contributed by atoms with Gasteiger partial charge in [0.15, 0.2) is 5.69 Å². The molecule has 2 aromatic heterocycles. The molecular formula is C31H30FN7O2. The number of aromatic nitrogens is 3. The zero-order valence-electron chi connectivity index (χ0n) is 22.6. The second-order valence-electron chi connectivity index (χ2n) is 9.78. The first kappa shape index (κ1) is 27.6. The monoisotopic (exact) mass is 551 g/mol. The van der Waals surface area contributed by atoms with Crippen LogP contribution in [0, 0.1) is 17.7 Å². The second kappa shape index (κ2) is 12.0. The summed E-state index contributed by atoms with van der Waals surface area (Å²) in [4.78, 5) is 36.7. The van der Waals surface area contributed by atoms with Crippen molar-refractivity contribution < 1.29 is 14.0 Å². The Kier molecular flexibility index (Phi) is 8.08. The molecule has 10 heteroatoms. The van der Waals surface area contributed by atoms with Crippen LogP contribution in [0.3, 0.4) is 0 Å². The smallest absolute Gasteiger partial charge is 0.269 e. The molecule has 1 saturated heterocycles. The topological polar surface area (TPSA) is 132 Å². The maximum atomic E-state index is 13.3. The number of likely N-dealkylation sites (tertiary alicyclic amines) is 1. The van der Waals surface area contributed by atoms with Crippen molar-refractivity contribution in [3.8, 4) is 34.2 Å². The molecule has 4 aromatic rings. The van der Waals surface area contributed by atoms with Crippen molar-refractivity contribution in [2.24, 2.45) is 5.73 Å². The predicted octanol–water partition coefficient (Wildman–Crippen LogP) is 4.37. The number of nitrogens with one attached hydrogen (secondary N) is 1. The number of piperidine rings is 1. The number of carbonyl (C=O) groups excluding carboxylic acids is 2. The lowest BCUT2D eigenvalue weighted by molar-refractivity contribution is 0.0990. The summed E-state index contributed by atoms with van der Waals surface area (Å²) in [6, 6.07) is 16.2. The number of anilines is 1. The normalized spacial score (nSPS) is 15.1. The number of amides is 2. The summed E-state index contributed by atoms with van der Waals surface area (Å²) in [6.07, 6.45) is 4.48. The fourth-order valence-corrected chi connectivity index (χ4v) is 5.06. The number of rotatable bonds is 7. The van der Waals surface area contributed by atoms with Gasteiger partial charge >= 0.3 is 0 Å². The van der Waals surface area contributed by atoms with Gasteiger partial charge in [0.1, 0.15) is 23.2 Å². The van der Waals surface area contributed by atoms with E-state index in [0.29, 0.717) is 35.0 Å². The summed E-state index contributed by atoms with van der Waals surface area (Å²) in [5, 5.41) is 2.79. The minimum absolute atomic E-state index is 0.0929. The summed E-state index contributed by atoms with van der Waals surface area (Å²) in [5.41, 5.74) is 8.77. The van der Waals surface area contributed by atoms with E-state index in [9.17, 15) is 14.0 Å². The van der Waals surface area contributed by atoms with Crippen molar-refractivity contribution in [1.82, 2.24) is 19.5 Å². The van der Waals surface area contributed by atoms with Crippen LogP contribution >= 0.6 is 0 Å². The quantitative estimate of drug-likeness (QED) is 0.231. The van der Waals surface area contributed by atoms with E-state index in [1.165, 1.54) is 16.8 Å². The molecule has 3 heterocycles.